The Morgan fingerprint density at radius 1 is 1.27 bits per heavy atom. The molecule has 3 aliphatic rings. The van der Waals surface area contributed by atoms with E-state index < -0.39 is 0 Å². The lowest BCUT2D eigenvalue weighted by Gasteiger charge is -2.47. The van der Waals surface area contributed by atoms with Crippen LogP contribution < -0.4 is 15.4 Å². The molecule has 10 heteroatoms. The van der Waals surface area contributed by atoms with Crippen molar-refractivity contribution in [1.29, 1.82) is 10.7 Å². The zero-order valence-corrected chi connectivity index (χ0v) is 22.9. The monoisotopic (exact) mass is 538 g/mol. The number of methoxy groups -OCH3 is 1. The lowest BCUT2D eigenvalue weighted by atomic mass is 9.92. The fourth-order valence-electron chi connectivity index (χ4n) is 5.23. The molecule has 2 unspecified atom stereocenters. The van der Waals surface area contributed by atoms with E-state index in [0.717, 1.165) is 73.4 Å². The van der Waals surface area contributed by atoms with Crippen LogP contribution in [0.1, 0.15) is 37.4 Å². The number of hydrogen-bond donors (Lipinski definition) is 3. The summed E-state index contributed by atoms with van der Waals surface area (Å²) in [5.41, 5.74) is 5.76. The summed E-state index contributed by atoms with van der Waals surface area (Å²) < 4.78 is 10.7. The maximum atomic E-state index is 9.63. The average Bonchev–Trinajstić information content (AvgIpc) is 3.29. The van der Waals surface area contributed by atoms with E-state index >= 15 is 0 Å². The van der Waals surface area contributed by atoms with Crippen LogP contribution >= 0.6 is 0 Å². The molecule has 0 aromatic carbocycles. The molecule has 3 N–H and O–H groups in total. The van der Waals surface area contributed by atoms with E-state index in [2.05, 4.69) is 55.6 Å². The van der Waals surface area contributed by atoms with Gasteiger partial charge in [0.05, 0.1) is 49.7 Å². The quantitative estimate of drug-likeness (QED) is 0.320. The molecule has 0 bridgehead atoms. The van der Waals surface area contributed by atoms with Gasteiger partial charge in [0.2, 0.25) is 5.88 Å². The molecule has 2 aromatic heterocycles. The maximum Gasteiger partial charge on any atom is 0.231 e. The molecular formula is C30H34N8O2. The van der Waals surface area contributed by atoms with Crippen molar-refractivity contribution in [2.75, 3.05) is 32.2 Å². The molecule has 3 aliphatic heterocycles. The molecule has 40 heavy (non-hydrogen) atoms. The Morgan fingerprint density at radius 2 is 2.17 bits per heavy atom. The number of hydrogen-bond acceptors (Lipinski definition) is 10. The molecule has 0 aliphatic carbocycles. The van der Waals surface area contributed by atoms with Crippen LogP contribution in [-0.2, 0) is 11.3 Å². The van der Waals surface area contributed by atoms with Crippen LogP contribution in [0.5, 0.6) is 5.88 Å². The van der Waals surface area contributed by atoms with E-state index in [1.165, 1.54) is 5.57 Å². The lowest BCUT2D eigenvalue weighted by Crippen LogP contribution is -2.56. The fourth-order valence-corrected chi connectivity index (χ4v) is 5.23. The first-order valence-electron chi connectivity index (χ1n) is 13.5. The molecule has 2 atom stereocenters. The number of likely N-dealkylation sites (tertiary alicyclic amines) is 1. The summed E-state index contributed by atoms with van der Waals surface area (Å²) in [7, 11) is 1.59. The molecule has 206 valence electrons. The van der Waals surface area contributed by atoms with Gasteiger partial charge in [-0.2, -0.15) is 5.26 Å². The van der Waals surface area contributed by atoms with Gasteiger partial charge < -0.3 is 25.5 Å². The maximum absolute atomic E-state index is 9.63. The molecule has 0 spiro atoms. The summed E-state index contributed by atoms with van der Waals surface area (Å²) in [5, 5.41) is 24.1. The van der Waals surface area contributed by atoms with Crippen LogP contribution in [0.15, 0.2) is 71.5 Å². The van der Waals surface area contributed by atoms with Crippen molar-refractivity contribution in [1.82, 2.24) is 25.2 Å². The van der Waals surface area contributed by atoms with Gasteiger partial charge in [0.15, 0.2) is 0 Å². The van der Waals surface area contributed by atoms with Gasteiger partial charge in [0.1, 0.15) is 11.9 Å². The third-order valence-corrected chi connectivity index (χ3v) is 7.49. The number of anilines is 1. The number of nitrogens with zero attached hydrogens (tertiary/aromatic N) is 5. The molecular weight excluding hydrogens is 504 g/mol. The molecule has 2 aromatic rings. The van der Waals surface area contributed by atoms with Gasteiger partial charge >= 0.3 is 0 Å². The van der Waals surface area contributed by atoms with Gasteiger partial charge in [-0.15, -0.1) is 0 Å². The minimum Gasteiger partial charge on any atom is -0.480 e. The van der Waals surface area contributed by atoms with Gasteiger partial charge in [-0.1, -0.05) is 6.08 Å². The van der Waals surface area contributed by atoms with Crippen molar-refractivity contribution in [3.05, 3.63) is 82.7 Å². The summed E-state index contributed by atoms with van der Waals surface area (Å²) in [4.78, 5) is 15.8. The van der Waals surface area contributed by atoms with Crippen LogP contribution in [-0.4, -0.2) is 65.0 Å². The van der Waals surface area contributed by atoms with E-state index in [0.29, 0.717) is 30.3 Å². The summed E-state index contributed by atoms with van der Waals surface area (Å²) in [5.74, 6) is 1.30. The Kier molecular flexibility index (Phi) is 8.64. The van der Waals surface area contributed by atoms with Gasteiger partial charge in [-0.05, 0) is 55.5 Å². The van der Waals surface area contributed by atoms with E-state index in [9.17, 15) is 5.26 Å². The number of dihydropyridines is 1. The summed E-state index contributed by atoms with van der Waals surface area (Å²) in [6.07, 6.45) is 15.3. The van der Waals surface area contributed by atoms with E-state index in [4.69, 9.17) is 14.9 Å². The van der Waals surface area contributed by atoms with Crippen LogP contribution in [0.3, 0.4) is 0 Å². The number of rotatable bonds is 9. The van der Waals surface area contributed by atoms with Gasteiger partial charge in [-0.25, -0.2) is 9.97 Å². The summed E-state index contributed by atoms with van der Waals surface area (Å²) in [6, 6.07) is 6.94. The van der Waals surface area contributed by atoms with Crippen molar-refractivity contribution in [2.45, 2.75) is 44.8 Å². The molecule has 5 heterocycles. The second-order valence-electron chi connectivity index (χ2n) is 10.0. The van der Waals surface area contributed by atoms with E-state index in [1.54, 1.807) is 19.5 Å². The second-order valence-corrected chi connectivity index (χ2v) is 10.0. The first kappa shape index (κ1) is 27.2. The summed E-state index contributed by atoms with van der Waals surface area (Å²) in [6.45, 7) is 5.14. The van der Waals surface area contributed by atoms with Crippen molar-refractivity contribution >= 4 is 17.6 Å². The smallest absolute Gasteiger partial charge is 0.231 e. The zero-order chi connectivity index (χ0) is 27.9. The fraction of sp³-hybridized carbons (Fsp3) is 0.367. The Balaban J connectivity index is 1.28. The normalized spacial score (nSPS) is 22.3. The number of nitrogens with one attached hydrogen (secondary N) is 3. The van der Waals surface area contributed by atoms with Crippen molar-refractivity contribution in [3.63, 3.8) is 0 Å². The minimum atomic E-state index is 0.266. The van der Waals surface area contributed by atoms with Crippen LogP contribution in [0.25, 0.3) is 5.57 Å². The second kappa shape index (κ2) is 12.7. The lowest BCUT2D eigenvalue weighted by molar-refractivity contribution is 0.0246. The molecule has 10 nitrogen and oxygen atoms in total. The van der Waals surface area contributed by atoms with Crippen LogP contribution in [0, 0.1) is 16.7 Å². The third-order valence-electron chi connectivity index (χ3n) is 7.49. The van der Waals surface area contributed by atoms with E-state index in [1.807, 2.05) is 24.5 Å². The van der Waals surface area contributed by atoms with E-state index in [-0.39, 0.29) is 5.57 Å². The number of allylic oxidation sites excluding steroid dienone is 4. The predicted octanol–water partition coefficient (Wildman–Crippen LogP) is 3.99. The zero-order valence-electron chi connectivity index (χ0n) is 22.9. The largest absolute Gasteiger partial charge is 0.480 e. The van der Waals surface area contributed by atoms with Gasteiger partial charge in [0.25, 0.3) is 0 Å². The highest BCUT2D eigenvalue weighted by molar-refractivity contribution is 5.93. The van der Waals surface area contributed by atoms with Crippen LogP contribution in [0.2, 0.25) is 0 Å². The van der Waals surface area contributed by atoms with Crippen molar-refractivity contribution in [3.8, 4) is 11.9 Å². The SMILES string of the molecule is COc1cnc(CN2C(C)CC2CNc2ccc(C3=CC(C4=CCCOCC4)=CN/C3=C(/C#N)C=N)cn2)cn1. The molecule has 0 radical (unpaired) electrons. The number of pyridine rings is 1. The Bertz CT molecular complexity index is 1390. The Hall–Kier alpha value is -4.33. The highest BCUT2D eigenvalue weighted by atomic mass is 16.5. The first-order chi connectivity index (χ1) is 19.6. The van der Waals surface area contributed by atoms with Crippen LogP contribution in [0.4, 0.5) is 5.82 Å². The molecule has 1 saturated heterocycles. The average molecular weight is 539 g/mol. The molecule has 5 rings (SSSR count). The highest BCUT2D eigenvalue weighted by Crippen LogP contribution is 2.32. The standard InChI is InChI=1S/C30H34N8O2/c1-20-10-26(38(20)19-25-16-36-29(39-2)18-33-25)17-35-28-6-5-22(14-34-28)27-11-23(21-4-3-8-40-9-7-21)15-37-30(27)24(12-31)13-32/h4-6,11-12,14-16,18,20,26,31,37H,3,7-10,17,19H2,1-2H3,(H,34,35)/b30-24+,31-12?. The van der Waals surface area contributed by atoms with Crippen molar-refractivity contribution in [2.24, 2.45) is 0 Å². The van der Waals surface area contributed by atoms with Crippen molar-refractivity contribution < 1.29 is 9.47 Å². The molecule has 0 amide bonds. The molecule has 0 saturated carbocycles. The highest BCUT2D eigenvalue weighted by Gasteiger charge is 2.35. The van der Waals surface area contributed by atoms with Gasteiger partial charge in [0, 0.05) is 54.9 Å². The Morgan fingerprint density at radius 3 is 2.88 bits per heavy atom. The topological polar surface area (TPSA) is 132 Å². The number of aromatic nitrogens is 3. The third kappa shape index (κ3) is 6.11. The number of nitriles is 1. The molecule has 1 fully saturated rings. The summed E-state index contributed by atoms with van der Waals surface area (Å²) >= 11 is 0. The van der Waals surface area contributed by atoms with Gasteiger partial charge in [-0.3, -0.25) is 9.88 Å². The first-order valence-corrected chi connectivity index (χ1v) is 13.5. The Labute approximate surface area is 234 Å². The predicted molar refractivity (Wildman–Crippen MR) is 153 cm³/mol. The number of ether oxygens (including phenoxy) is 2. The minimum absolute atomic E-state index is 0.266.